The zero-order valence-corrected chi connectivity index (χ0v) is 19.7. The van der Waals surface area contributed by atoms with Gasteiger partial charge in [-0.05, 0) is 68.1 Å². The van der Waals surface area contributed by atoms with Crippen molar-refractivity contribution < 1.29 is 9.84 Å². The highest BCUT2D eigenvalue weighted by Gasteiger charge is 2.21. The first-order chi connectivity index (χ1) is 14.1. The van der Waals surface area contributed by atoms with E-state index in [1.165, 1.54) is 0 Å². The molecule has 168 valence electrons. The Hall–Kier alpha value is -1.92. The Morgan fingerprint density at radius 1 is 1.03 bits per heavy atom. The lowest BCUT2D eigenvalue weighted by atomic mass is 9.90. The molecule has 5 nitrogen and oxygen atoms in total. The van der Waals surface area contributed by atoms with Gasteiger partial charge in [-0.15, -0.1) is 24.8 Å². The average Bonchev–Trinajstić information content (AvgIpc) is 2.74. The maximum atomic E-state index is 10.1. The Morgan fingerprint density at radius 2 is 1.77 bits per heavy atom. The molecule has 1 heterocycles. The number of anilines is 1. The summed E-state index contributed by atoms with van der Waals surface area (Å²) in [5.41, 5.74) is 2.90. The second kappa shape index (κ2) is 11.6. The molecular formula is C23H28Cl3N3O2. The van der Waals surface area contributed by atoms with Crippen molar-refractivity contribution >= 4 is 53.0 Å². The Labute approximate surface area is 200 Å². The topological polar surface area (TPSA) is 66.4 Å². The maximum Gasteiger partial charge on any atom is 0.120 e. The fourth-order valence-corrected chi connectivity index (χ4v) is 4.16. The number of methoxy groups -OCH3 is 1. The molecule has 1 aliphatic rings. The molecule has 1 fully saturated rings. The van der Waals surface area contributed by atoms with Gasteiger partial charge in [0.1, 0.15) is 11.5 Å². The molecule has 8 heteroatoms. The molecule has 0 aliphatic heterocycles. The molecule has 0 saturated heterocycles. The molecule has 3 aromatic rings. The monoisotopic (exact) mass is 483 g/mol. The quantitative estimate of drug-likeness (QED) is 0.403. The zero-order valence-electron chi connectivity index (χ0n) is 17.3. The van der Waals surface area contributed by atoms with Gasteiger partial charge in [0.05, 0.1) is 12.6 Å². The third-order valence-electron chi connectivity index (χ3n) is 5.66. The van der Waals surface area contributed by atoms with Crippen LogP contribution in [-0.4, -0.2) is 29.3 Å². The van der Waals surface area contributed by atoms with Crippen LogP contribution in [0.15, 0.2) is 48.7 Å². The molecule has 0 amide bonds. The van der Waals surface area contributed by atoms with Gasteiger partial charge in [0.15, 0.2) is 0 Å². The van der Waals surface area contributed by atoms with Crippen LogP contribution in [0, 0.1) is 0 Å². The third kappa shape index (κ3) is 6.30. The van der Waals surface area contributed by atoms with E-state index in [9.17, 15) is 5.11 Å². The number of phenols is 1. The van der Waals surface area contributed by atoms with E-state index in [2.05, 4.69) is 15.6 Å². The van der Waals surface area contributed by atoms with Crippen LogP contribution in [0.3, 0.4) is 0 Å². The number of hydrogen-bond acceptors (Lipinski definition) is 5. The minimum absolute atomic E-state index is 0. The van der Waals surface area contributed by atoms with Gasteiger partial charge in [0.25, 0.3) is 0 Å². The number of benzene rings is 2. The molecule has 0 unspecified atom stereocenters. The molecular weight excluding hydrogens is 457 g/mol. The number of aromatic hydroxyl groups is 1. The first-order valence-electron chi connectivity index (χ1n) is 10.0. The summed E-state index contributed by atoms with van der Waals surface area (Å²) in [7, 11) is 1.64. The summed E-state index contributed by atoms with van der Waals surface area (Å²) < 4.78 is 5.25. The van der Waals surface area contributed by atoms with Crippen LogP contribution >= 0.6 is 36.4 Å². The fraction of sp³-hybridized carbons (Fsp3) is 0.348. The second-order valence-corrected chi connectivity index (χ2v) is 8.02. The lowest BCUT2D eigenvalue weighted by Gasteiger charge is -2.30. The van der Waals surface area contributed by atoms with Gasteiger partial charge in [-0.2, -0.15) is 0 Å². The van der Waals surface area contributed by atoms with E-state index in [-0.39, 0.29) is 24.8 Å². The number of ether oxygens (including phenoxy) is 1. The van der Waals surface area contributed by atoms with Crippen molar-refractivity contribution in [2.75, 3.05) is 12.4 Å². The minimum Gasteiger partial charge on any atom is -0.508 e. The van der Waals surface area contributed by atoms with Gasteiger partial charge in [-0.25, -0.2) is 0 Å². The van der Waals surface area contributed by atoms with Crippen molar-refractivity contribution in [3.8, 4) is 11.5 Å². The Balaban J connectivity index is 0.00000171. The first kappa shape index (κ1) is 25.3. The Morgan fingerprint density at radius 3 is 2.52 bits per heavy atom. The lowest BCUT2D eigenvalue weighted by Crippen LogP contribution is -2.36. The highest BCUT2D eigenvalue weighted by atomic mass is 35.5. The number of fused-ring (bicyclic) bond motifs is 1. The average molecular weight is 485 g/mol. The predicted molar refractivity (Wildman–Crippen MR) is 132 cm³/mol. The zero-order chi connectivity index (χ0) is 20.2. The van der Waals surface area contributed by atoms with Crippen LogP contribution in [0.4, 0.5) is 5.69 Å². The van der Waals surface area contributed by atoms with Crippen molar-refractivity contribution in [3.05, 3.63) is 59.2 Å². The smallest absolute Gasteiger partial charge is 0.120 e. The molecule has 31 heavy (non-hydrogen) atoms. The number of aromatic nitrogens is 1. The number of rotatable bonds is 6. The lowest BCUT2D eigenvalue weighted by molar-refractivity contribution is 0.350. The molecule has 0 spiro atoms. The van der Waals surface area contributed by atoms with E-state index < -0.39 is 0 Å². The van der Waals surface area contributed by atoms with Gasteiger partial charge >= 0.3 is 0 Å². The fourth-order valence-electron chi connectivity index (χ4n) is 3.99. The van der Waals surface area contributed by atoms with Crippen molar-refractivity contribution in [2.24, 2.45) is 0 Å². The molecule has 0 bridgehead atoms. The third-order valence-corrected chi connectivity index (χ3v) is 5.89. The van der Waals surface area contributed by atoms with Gasteiger partial charge in [-0.3, -0.25) is 4.98 Å². The number of nitrogens with zero attached hydrogens (tertiary/aromatic N) is 1. The number of halogens is 3. The van der Waals surface area contributed by atoms with Gasteiger partial charge in [0.2, 0.25) is 0 Å². The van der Waals surface area contributed by atoms with Crippen LogP contribution < -0.4 is 15.4 Å². The van der Waals surface area contributed by atoms with Crippen molar-refractivity contribution in [3.63, 3.8) is 0 Å². The number of nitrogens with one attached hydrogen (secondary N) is 2. The molecule has 1 aliphatic carbocycles. The van der Waals surface area contributed by atoms with Crippen molar-refractivity contribution in [1.82, 2.24) is 10.3 Å². The summed E-state index contributed by atoms with van der Waals surface area (Å²) in [4.78, 5) is 4.42. The van der Waals surface area contributed by atoms with Gasteiger partial charge in [0, 0.05) is 46.5 Å². The second-order valence-electron chi connectivity index (χ2n) is 7.59. The molecule has 2 aromatic carbocycles. The number of hydrogen-bond donors (Lipinski definition) is 3. The summed E-state index contributed by atoms with van der Waals surface area (Å²) in [6, 6.07) is 14.1. The standard InChI is InChI=1S/C23H26ClN3O2.2ClH/c1-29-19-7-9-23(28)15(12-19)14-26-17-3-5-18(6-4-17)27-21-10-11-25-22-13-16(24)2-8-20(21)22;;/h2,7-13,17-18,26,28H,3-6,14H2,1H3,(H,25,27);2*1H. The van der Waals surface area contributed by atoms with Crippen LogP contribution in [0.2, 0.25) is 5.02 Å². The Kier molecular flexibility index (Phi) is 9.51. The molecule has 1 saturated carbocycles. The van der Waals surface area contributed by atoms with Crippen LogP contribution in [0.5, 0.6) is 11.5 Å². The highest BCUT2D eigenvalue weighted by Crippen LogP contribution is 2.29. The summed E-state index contributed by atoms with van der Waals surface area (Å²) in [6.45, 7) is 0.640. The van der Waals surface area contributed by atoms with E-state index in [0.29, 0.717) is 29.4 Å². The summed E-state index contributed by atoms with van der Waals surface area (Å²) in [5, 5.41) is 19.1. The minimum atomic E-state index is 0. The van der Waals surface area contributed by atoms with E-state index in [1.54, 1.807) is 19.2 Å². The largest absolute Gasteiger partial charge is 0.508 e. The van der Waals surface area contributed by atoms with E-state index >= 15 is 0 Å². The molecule has 3 N–H and O–H groups in total. The highest BCUT2D eigenvalue weighted by molar-refractivity contribution is 6.31. The first-order valence-corrected chi connectivity index (χ1v) is 10.4. The number of phenolic OH excluding ortho intramolecular Hbond substituents is 1. The maximum absolute atomic E-state index is 10.1. The van der Waals surface area contributed by atoms with Crippen LogP contribution in [0.1, 0.15) is 31.2 Å². The SMILES string of the molecule is COc1ccc(O)c(CNC2CCC(Nc3ccnc4cc(Cl)ccc34)CC2)c1.Cl.Cl. The summed E-state index contributed by atoms with van der Waals surface area (Å²) >= 11 is 6.09. The molecule has 0 radical (unpaired) electrons. The summed E-state index contributed by atoms with van der Waals surface area (Å²) in [5.74, 6) is 1.07. The molecule has 1 aromatic heterocycles. The van der Waals surface area contributed by atoms with E-state index in [0.717, 1.165) is 53.6 Å². The van der Waals surface area contributed by atoms with Crippen molar-refractivity contribution in [1.29, 1.82) is 0 Å². The van der Waals surface area contributed by atoms with Gasteiger partial charge in [-0.1, -0.05) is 11.6 Å². The number of pyridine rings is 1. The predicted octanol–water partition coefficient (Wildman–Crippen LogP) is 5.96. The normalized spacial score (nSPS) is 18.0. The van der Waals surface area contributed by atoms with Gasteiger partial charge < -0.3 is 20.5 Å². The van der Waals surface area contributed by atoms with E-state index in [4.69, 9.17) is 16.3 Å². The van der Waals surface area contributed by atoms with Crippen molar-refractivity contribution in [2.45, 2.75) is 44.3 Å². The van der Waals surface area contributed by atoms with Crippen LogP contribution in [-0.2, 0) is 6.54 Å². The molecule has 4 rings (SSSR count). The molecule has 0 atom stereocenters. The summed E-state index contributed by atoms with van der Waals surface area (Å²) in [6.07, 6.45) is 6.21. The Bertz CT molecular complexity index is 995. The van der Waals surface area contributed by atoms with E-state index in [1.807, 2.05) is 36.5 Å². The van der Waals surface area contributed by atoms with Crippen LogP contribution in [0.25, 0.3) is 10.9 Å².